The number of primary sulfonamides is 1. The molecule has 0 aromatic heterocycles. The third kappa shape index (κ3) is 4.58. The van der Waals surface area contributed by atoms with Crippen LogP contribution in [0.5, 0.6) is 5.75 Å². The minimum Gasteiger partial charge on any atom is -0.496 e. The first kappa shape index (κ1) is 18.0. The van der Waals surface area contributed by atoms with E-state index in [4.69, 9.17) is 21.5 Å². The molecule has 0 fully saturated rings. The van der Waals surface area contributed by atoms with Gasteiger partial charge in [-0.05, 0) is 42.0 Å². The van der Waals surface area contributed by atoms with Crippen LogP contribution in [-0.4, -0.2) is 21.4 Å². The Morgan fingerprint density at radius 1 is 1.21 bits per heavy atom. The molecule has 0 heterocycles. The summed E-state index contributed by atoms with van der Waals surface area (Å²) in [5.74, 6) is 0.0227. The summed E-state index contributed by atoms with van der Waals surface area (Å²) in [4.78, 5) is 12.2. The first-order valence-electron chi connectivity index (χ1n) is 6.75. The minimum absolute atomic E-state index is 0.0207. The molecule has 1 amide bonds. The molecule has 0 radical (unpaired) electrons. The van der Waals surface area contributed by atoms with Crippen LogP contribution in [0.15, 0.2) is 53.6 Å². The van der Waals surface area contributed by atoms with Crippen LogP contribution in [0.25, 0.3) is 6.08 Å². The van der Waals surface area contributed by atoms with Gasteiger partial charge in [-0.1, -0.05) is 23.7 Å². The normalized spacial score (nSPS) is 11.5. The fourth-order valence-corrected chi connectivity index (χ4v) is 2.61. The first-order chi connectivity index (χ1) is 11.3. The van der Waals surface area contributed by atoms with Crippen molar-refractivity contribution in [2.24, 2.45) is 5.14 Å². The number of halogens is 1. The van der Waals surface area contributed by atoms with Gasteiger partial charge in [0.25, 0.3) is 5.91 Å². The lowest BCUT2D eigenvalue weighted by Gasteiger charge is -2.07. The Balaban J connectivity index is 2.09. The van der Waals surface area contributed by atoms with Crippen molar-refractivity contribution in [3.63, 3.8) is 0 Å². The van der Waals surface area contributed by atoms with Crippen LogP contribution < -0.4 is 15.2 Å². The number of methoxy groups -OCH3 is 1. The Labute approximate surface area is 144 Å². The smallest absolute Gasteiger partial charge is 0.259 e. The molecule has 24 heavy (non-hydrogen) atoms. The maximum atomic E-state index is 12.2. The summed E-state index contributed by atoms with van der Waals surface area (Å²) < 4.78 is 27.5. The van der Waals surface area contributed by atoms with Crippen LogP contribution in [0, 0.1) is 0 Å². The first-order valence-corrected chi connectivity index (χ1v) is 8.67. The molecular formula is C16H15ClN2O4S. The predicted molar refractivity (Wildman–Crippen MR) is 92.3 cm³/mol. The SMILES string of the molecule is COc1ccc(Cl)cc1C(=O)N/C=C/c1ccc(S(N)(=O)=O)cc1. The molecule has 2 rings (SSSR count). The van der Waals surface area contributed by atoms with Crippen LogP contribution in [-0.2, 0) is 10.0 Å². The predicted octanol–water partition coefficient (Wildman–Crippen LogP) is 2.40. The molecule has 2 aromatic rings. The molecule has 0 atom stereocenters. The van der Waals surface area contributed by atoms with E-state index in [0.29, 0.717) is 21.9 Å². The molecule has 8 heteroatoms. The van der Waals surface area contributed by atoms with Gasteiger partial charge in [0, 0.05) is 11.2 Å². The summed E-state index contributed by atoms with van der Waals surface area (Å²) in [5, 5.41) is 8.04. The van der Waals surface area contributed by atoms with E-state index in [1.165, 1.54) is 31.5 Å². The number of ether oxygens (including phenoxy) is 1. The summed E-state index contributed by atoms with van der Waals surface area (Å²) in [7, 11) is -2.26. The van der Waals surface area contributed by atoms with Gasteiger partial charge in [-0.25, -0.2) is 13.6 Å². The van der Waals surface area contributed by atoms with E-state index in [0.717, 1.165) is 0 Å². The van der Waals surface area contributed by atoms with E-state index in [-0.39, 0.29) is 10.8 Å². The molecule has 2 aromatic carbocycles. The highest BCUT2D eigenvalue weighted by Crippen LogP contribution is 2.22. The van der Waals surface area contributed by atoms with Crippen LogP contribution in [0.1, 0.15) is 15.9 Å². The number of sulfonamides is 1. The van der Waals surface area contributed by atoms with Crippen molar-refractivity contribution in [3.05, 3.63) is 64.8 Å². The topological polar surface area (TPSA) is 98.5 Å². The molecule has 0 unspecified atom stereocenters. The van der Waals surface area contributed by atoms with E-state index >= 15 is 0 Å². The fraction of sp³-hybridized carbons (Fsp3) is 0.0625. The van der Waals surface area contributed by atoms with Crippen molar-refractivity contribution in [2.75, 3.05) is 7.11 Å². The second kappa shape index (κ2) is 7.48. The second-order valence-electron chi connectivity index (χ2n) is 4.77. The maximum absolute atomic E-state index is 12.2. The van der Waals surface area contributed by atoms with Crippen molar-refractivity contribution < 1.29 is 17.9 Å². The Hall–Kier alpha value is -2.35. The summed E-state index contributed by atoms with van der Waals surface area (Å²) in [6, 6.07) is 10.6. The van der Waals surface area contributed by atoms with E-state index in [1.807, 2.05) is 0 Å². The summed E-state index contributed by atoms with van der Waals surface area (Å²) >= 11 is 5.89. The number of hydrogen-bond acceptors (Lipinski definition) is 4. The summed E-state index contributed by atoms with van der Waals surface area (Å²) in [5.41, 5.74) is 1.000. The number of hydrogen-bond donors (Lipinski definition) is 2. The zero-order chi connectivity index (χ0) is 17.7. The largest absolute Gasteiger partial charge is 0.496 e. The Kier molecular flexibility index (Phi) is 5.61. The average Bonchev–Trinajstić information content (AvgIpc) is 2.54. The van der Waals surface area contributed by atoms with E-state index in [1.54, 1.807) is 30.3 Å². The van der Waals surface area contributed by atoms with Gasteiger partial charge >= 0.3 is 0 Å². The van der Waals surface area contributed by atoms with Gasteiger partial charge in [-0.2, -0.15) is 0 Å². The third-order valence-electron chi connectivity index (χ3n) is 3.10. The monoisotopic (exact) mass is 366 g/mol. The van der Waals surface area contributed by atoms with Gasteiger partial charge in [0.2, 0.25) is 10.0 Å². The zero-order valence-electron chi connectivity index (χ0n) is 12.7. The molecule has 0 bridgehead atoms. The maximum Gasteiger partial charge on any atom is 0.259 e. The van der Waals surface area contributed by atoms with Crippen LogP contribution >= 0.6 is 11.6 Å². The number of nitrogens with two attached hydrogens (primary N) is 1. The molecule has 0 saturated heterocycles. The van der Waals surface area contributed by atoms with Crippen molar-refractivity contribution >= 4 is 33.6 Å². The molecule has 126 valence electrons. The van der Waals surface area contributed by atoms with Crippen molar-refractivity contribution in [3.8, 4) is 5.75 Å². The standard InChI is InChI=1S/C16H15ClN2O4S/c1-23-15-7-4-12(17)10-14(15)16(20)19-9-8-11-2-5-13(6-3-11)24(18,21)22/h2-10H,1H3,(H,19,20)(H2,18,21,22)/b9-8+. The lowest BCUT2D eigenvalue weighted by Crippen LogP contribution is -2.17. The molecule has 0 spiro atoms. The van der Waals surface area contributed by atoms with E-state index in [2.05, 4.69) is 5.32 Å². The summed E-state index contributed by atoms with van der Waals surface area (Å²) in [6.07, 6.45) is 3.05. The van der Waals surface area contributed by atoms with Gasteiger partial charge in [-0.3, -0.25) is 4.79 Å². The molecule has 0 aliphatic carbocycles. The summed E-state index contributed by atoms with van der Waals surface area (Å²) in [6.45, 7) is 0. The highest BCUT2D eigenvalue weighted by Gasteiger charge is 2.11. The average molecular weight is 367 g/mol. The molecule has 0 aliphatic rings. The lowest BCUT2D eigenvalue weighted by atomic mass is 10.2. The zero-order valence-corrected chi connectivity index (χ0v) is 14.3. The minimum atomic E-state index is -3.72. The quantitative estimate of drug-likeness (QED) is 0.848. The third-order valence-corrected chi connectivity index (χ3v) is 4.27. The van der Waals surface area contributed by atoms with Gasteiger partial charge in [0.15, 0.2) is 0 Å². The molecule has 0 aliphatic heterocycles. The number of nitrogens with one attached hydrogen (secondary N) is 1. The van der Waals surface area contributed by atoms with Crippen molar-refractivity contribution in [1.82, 2.24) is 5.32 Å². The van der Waals surface area contributed by atoms with Gasteiger partial charge in [0.05, 0.1) is 17.6 Å². The number of amides is 1. The van der Waals surface area contributed by atoms with E-state index in [9.17, 15) is 13.2 Å². The highest BCUT2D eigenvalue weighted by atomic mass is 35.5. The molecular weight excluding hydrogens is 352 g/mol. The second-order valence-corrected chi connectivity index (χ2v) is 6.76. The number of carbonyl (C=O) groups excluding carboxylic acids is 1. The van der Waals surface area contributed by atoms with Crippen molar-refractivity contribution in [1.29, 1.82) is 0 Å². The van der Waals surface area contributed by atoms with Crippen LogP contribution in [0.2, 0.25) is 5.02 Å². The molecule has 3 N–H and O–H groups in total. The number of rotatable bonds is 5. The van der Waals surface area contributed by atoms with E-state index < -0.39 is 10.0 Å². The van der Waals surface area contributed by atoms with Gasteiger partial charge < -0.3 is 10.1 Å². The molecule has 6 nitrogen and oxygen atoms in total. The Bertz CT molecular complexity index is 877. The Morgan fingerprint density at radius 2 is 1.88 bits per heavy atom. The highest BCUT2D eigenvalue weighted by molar-refractivity contribution is 7.89. The van der Waals surface area contributed by atoms with Crippen molar-refractivity contribution in [2.45, 2.75) is 4.90 Å². The number of carbonyl (C=O) groups is 1. The van der Waals surface area contributed by atoms with Gasteiger partial charge in [-0.15, -0.1) is 0 Å². The number of benzene rings is 2. The molecule has 0 saturated carbocycles. The Morgan fingerprint density at radius 3 is 2.46 bits per heavy atom. The fourth-order valence-electron chi connectivity index (χ4n) is 1.92. The lowest BCUT2D eigenvalue weighted by molar-refractivity contribution is 0.0967. The van der Waals surface area contributed by atoms with Crippen LogP contribution in [0.4, 0.5) is 0 Å². The van der Waals surface area contributed by atoms with Crippen LogP contribution in [0.3, 0.4) is 0 Å². The van der Waals surface area contributed by atoms with Gasteiger partial charge in [0.1, 0.15) is 5.75 Å².